The summed E-state index contributed by atoms with van der Waals surface area (Å²) in [6.45, 7) is 0.837. The molecule has 1 aliphatic rings. The number of amides is 1. The summed E-state index contributed by atoms with van der Waals surface area (Å²) in [6, 6.07) is 1.67. The van der Waals surface area contributed by atoms with Gasteiger partial charge in [0.25, 0.3) is 0 Å². The van der Waals surface area contributed by atoms with Gasteiger partial charge in [0.2, 0.25) is 11.9 Å². The molecule has 1 aromatic rings. The number of anilines is 2. The number of nitrogens with two attached hydrogens (primary N) is 1. The van der Waals surface area contributed by atoms with Crippen LogP contribution in [0.1, 0.15) is 25.7 Å². The molecule has 1 aliphatic carbocycles. The van der Waals surface area contributed by atoms with Gasteiger partial charge in [0, 0.05) is 25.7 Å². The predicted molar refractivity (Wildman–Crippen MR) is 74.4 cm³/mol. The second-order valence-corrected chi connectivity index (χ2v) is 5.02. The molecule has 0 bridgehead atoms. The molecule has 6 nitrogen and oxygen atoms in total. The van der Waals surface area contributed by atoms with E-state index < -0.39 is 0 Å². The third kappa shape index (κ3) is 3.81. The van der Waals surface area contributed by atoms with Crippen molar-refractivity contribution in [3.63, 3.8) is 0 Å². The Bertz CT molecular complexity index is 429. The van der Waals surface area contributed by atoms with E-state index in [9.17, 15) is 4.79 Å². The zero-order chi connectivity index (χ0) is 13.7. The molecule has 4 N–H and O–H groups in total. The highest BCUT2D eigenvalue weighted by atomic mass is 16.1. The van der Waals surface area contributed by atoms with Crippen molar-refractivity contribution in [2.75, 3.05) is 24.6 Å². The van der Waals surface area contributed by atoms with Gasteiger partial charge in [0.15, 0.2) is 0 Å². The Morgan fingerprint density at radius 2 is 2.16 bits per heavy atom. The van der Waals surface area contributed by atoms with Crippen LogP contribution in [0.3, 0.4) is 0 Å². The SMILES string of the molecule is CNC(=O)C1CCC(CNc2nccc(N)n2)CC1. The molecule has 0 saturated heterocycles. The molecule has 6 heteroatoms. The minimum absolute atomic E-state index is 0.172. The maximum atomic E-state index is 11.5. The highest BCUT2D eigenvalue weighted by Gasteiger charge is 2.25. The van der Waals surface area contributed by atoms with Crippen LogP contribution < -0.4 is 16.4 Å². The van der Waals surface area contributed by atoms with Crippen LogP contribution in [-0.2, 0) is 4.79 Å². The quantitative estimate of drug-likeness (QED) is 0.754. The van der Waals surface area contributed by atoms with Gasteiger partial charge in [-0.3, -0.25) is 4.79 Å². The number of nitrogens with zero attached hydrogens (tertiary/aromatic N) is 2. The van der Waals surface area contributed by atoms with Crippen LogP contribution in [-0.4, -0.2) is 29.5 Å². The summed E-state index contributed by atoms with van der Waals surface area (Å²) in [5.41, 5.74) is 5.60. The molecule has 0 aromatic carbocycles. The fourth-order valence-corrected chi connectivity index (χ4v) is 2.53. The Hall–Kier alpha value is -1.85. The first-order chi connectivity index (χ1) is 9.19. The maximum Gasteiger partial charge on any atom is 0.224 e. The van der Waals surface area contributed by atoms with Crippen molar-refractivity contribution in [3.05, 3.63) is 12.3 Å². The van der Waals surface area contributed by atoms with Gasteiger partial charge >= 0.3 is 0 Å². The lowest BCUT2D eigenvalue weighted by molar-refractivity contribution is -0.125. The number of aromatic nitrogens is 2. The summed E-state index contributed by atoms with van der Waals surface area (Å²) in [5.74, 6) is 1.98. The van der Waals surface area contributed by atoms with Crippen molar-refractivity contribution >= 4 is 17.7 Å². The molecular formula is C13H21N5O. The molecule has 2 rings (SSSR count). The first kappa shape index (κ1) is 13.6. The highest BCUT2D eigenvalue weighted by Crippen LogP contribution is 2.28. The van der Waals surface area contributed by atoms with Gasteiger partial charge in [0.05, 0.1) is 0 Å². The number of hydrogen-bond donors (Lipinski definition) is 3. The molecule has 0 atom stereocenters. The van der Waals surface area contributed by atoms with Gasteiger partial charge < -0.3 is 16.4 Å². The number of hydrogen-bond acceptors (Lipinski definition) is 5. The van der Waals surface area contributed by atoms with Crippen molar-refractivity contribution in [2.45, 2.75) is 25.7 Å². The minimum Gasteiger partial charge on any atom is -0.384 e. The summed E-state index contributed by atoms with van der Waals surface area (Å²) < 4.78 is 0. The summed E-state index contributed by atoms with van der Waals surface area (Å²) in [7, 11) is 1.70. The first-order valence-corrected chi connectivity index (χ1v) is 6.73. The van der Waals surface area contributed by atoms with E-state index in [1.165, 1.54) is 0 Å². The minimum atomic E-state index is 0.172. The zero-order valence-electron chi connectivity index (χ0n) is 11.2. The topological polar surface area (TPSA) is 92.9 Å². The molecule has 104 valence electrons. The van der Waals surface area contributed by atoms with Crippen molar-refractivity contribution in [1.29, 1.82) is 0 Å². The van der Waals surface area contributed by atoms with Crippen LogP contribution in [0.5, 0.6) is 0 Å². The van der Waals surface area contributed by atoms with Crippen LogP contribution in [0.2, 0.25) is 0 Å². The third-order valence-electron chi connectivity index (χ3n) is 3.69. The number of rotatable bonds is 4. The molecule has 1 aromatic heterocycles. The molecule has 1 heterocycles. The Kier molecular flexibility index (Phi) is 4.54. The van der Waals surface area contributed by atoms with Gasteiger partial charge in [0.1, 0.15) is 5.82 Å². The van der Waals surface area contributed by atoms with E-state index in [1.54, 1.807) is 19.3 Å². The monoisotopic (exact) mass is 263 g/mol. The number of carbonyl (C=O) groups is 1. The molecule has 19 heavy (non-hydrogen) atoms. The molecule has 1 amide bonds. The van der Waals surface area contributed by atoms with E-state index in [2.05, 4.69) is 20.6 Å². The molecular weight excluding hydrogens is 242 g/mol. The zero-order valence-corrected chi connectivity index (χ0v) is 11.2. The van der Waals surface area contributed by atoms with Crippen molar-refractivity contribution in [1.82, 2.24) is 15.3 Å². The average Bonchev–Trinajstić information content (AvgIpc) is 2.45. The second-order valence-electron chi connectivity index (χ2n) is 5.02. The second kappa shape index (κ2) is 6.36. The Morgan fingerprint density at radius 3 is 2.79 bits per heavy atom. The van der Waals surface area contributed by atoms with E-state index in [1.807, 2.05) is 0 Å². The lowest BCUT2D eigenvalue weighted by Gasteiger charge is -2.27. The van der Waals surface area contributed by atoms with Crippen LogP contribution >= 0.6 is 0 Å². The van der Waals surface area contributed by atoms with Crippen LogP contribution in [0.4, 0.5) is 11.8 Å². The molecule has 0 spiro atoms. The van der Waals surface area contributed by atoms with Crippen molar-refractivity contribution in [2.24, 2.45) is 11.8 Å². The predicted octanol–water partition coefficient (Wildman–Crippen LogP) is 1.02. The Labute approximate surface area is 113 Å². The molecule has 0 radical (unpaired) electrons. The van der Waals surface area contributed by atoms with E-state index in [4.69, 9.17) is 5.73 Å². The summed E-state index contributed by atoms with van der Waals surface area (Å²) >= 11 is 0. The van der Waals surface area contributed by atoms with Gasteiger partial charge in [-0.2, -0.15) is 4.98 Å². The Morgan fingerprint density at radius 1 is 1.42 bits per heavy atom. The van der Waals surface area contributed by atoms with Gasteiger partial charge in [-0.25, -0.2) is 4.98 Å². The normalized spacial score (nSPS) is 22.8. The summed E-state index contributed by atoms with van der Waals surface area (Å²) in [5, 5.41) is 5.94. The standard InChI is InChI=1S/C13H21N5O/c1-15-12(19)10-4-2-9(3-5-10)8-17-13-16-7-6-11(14)18-13/h6-7,9-10H,2-5,8H2,1H3,(H,15,19)(H3,14,16,17,18). The highest BCUT2D eigenvalue weighted by molar-refractivity contribution is 5.78. The van der Waals surface area contributed by atoms with Gasteiger partial charge in [-0.15, -0.1) is 0 Å². The van der Waals surface area contributed by atoms with Crippen LogP contribution in [0.25, 0.3) is 0 Å². The number of nitrogens with one attached hydrogen (secondary N) is 2. The fraction of sp³-hybridized carbons (Fsp3) is 0.615. The van der Waals surface area contributed by atoms with E-state index in [0.29, 0.717) is 17.7 Å². The molecule has 1 saturated carbocycles. The molecule has 1 fully saturated rings. The van der Waals surface area contributed by atoms with Gasteiger partial charge in [-0.1, -0.05) is 0 Å². The first-order valence-electron chi connectivity index (χ1n) is 6.73. The lowest BCUT2D eigenvalue weighted by Crippen LogP contribution is -2.32. The van der Waals surface area contributed by atoms with Gasteiger partial charge in [-0.05, 0) is 37.7 Å². The summed E-state index contributed by atoms with van der Waals surface area (Å²) in [6.07, 6.45) is 5.70. The van der Waals surface area contributed by atoms with E-state index in [0.717, 1.165) is 32.2 Å². The van der Waals surface area contributed by atoms with Crippen molar-refractivity contribution in [3.8, 4) is 0 Å². The average molecular weight is 263 g/mol. The Balaban J connectivity index is 1.75. The van der Waals surface area contributed by atoms with Crippen LogP contribution in [0, 0.1) is 11.8 Å². The number of nitrogen functional groups attached to an aromatic ring is 1. The smallest absolute Gasteiger partial charge is 0.224 e. The van der Waals surface area contributed by atoms with E-state index >= 15 is 0 Å². The molecule has 0 aliphatic heterocycles. The maximum absolute atomic E-state index is 11.5. The third-order valence-corrected chi connectivity index (χ3v) is 3.69. The number of carbonyl (C=O) groups excluding carboxylic acids is 1. The largest absolute Gasteiger partial charge is 0.384 e. The summed E-state index contributed by atoms with van der Waals surface area (Å²) in [4.78, 5) is 19.7. The van der Waals surface area contributed by atoms with E-state index in [-0.39, 0.29) is 11.8 Å². The fourth-order valence-electron chi connectivity index (χ4n) is 2.53. The van der Waals surface area contributed by atoms with Crippen molar-refractivity contribution < 1.29 is 4.79 Å². The molecule has 0 unspecified atom stereocenters. The van der Waals surface area contributed by atoms with Crippen LogP contribution in [0.15, 0.2) is 12.3 Å². The lowest BCUT2D eigenvalue weighted by atomic mass is 9.81.